The number of nitrogens with two attached hydrogens (primary N) is 1. The molecule has 5 rings (SSSR count). The molecule has 0 saturated carbocycles. The molecule has 7 nitrogen and oxygen atoms in total. The van der Waals surface area contributed by atoms with Crippen molar-refractivity contribution >= 4 is 28.0 Å². The largest absolute Gasteiger partial charge is 0.396 e. The van der Waals surface area contributed by atoms with Crippen LogP contribution in [0.5, 0.6) is 0 Å². The second-order valence-corrected chi connectivity index (χ2v) is 8.96. The predicted molar refractivity (Wildman–Crippen MR) is 137 cm³/mol. The number of fused-ring (bicyclic) bond motifs is 2. The molecule has 4 aromatic rings. The lowest BCUT2D eigenvalue weighted by Gasteiger charge is -2.14. The summed E-state index contributed by atoms with van der Waals surface area (Å²) < 4.78 is 1.68. The first-order chi connectivity index (χ1) is 16.5. The van der Waals surface area contributed by atoms with Crippen molar-refractivity contribution < 1.29 is 10.2 Å². The molecule has 2 heterocycles. The first-order valence-corrected chi connectivity index (χ1v) is 11.8. The SMILES string of the molecule is Cc1cc(Nc2ccnc3c2CCC3O)ccc1NCCc1cn(N)c2c(CCO)cccc12. The molecule has 0 fully saturated rings. The number of pyridine rings is 1. The number of aryl methyl sites for hydroxylation is 1. The highest BCUT2D eigenvalue weighted by molar-refractivity contribution is 5.87. The molecule has 1 aliphatic rings. The lowest BCUT2D eigenvalue weighted by molar-refractivity contribution is 0.176. The van der Waals surface area contributed by atoms with Crippen molar-refractivity contribution in [1.82, 2.24) is 9.66 Å². The van der Waals surface area contributed by atoms with E-state index in [1.165, 1.54) is 5.56 Å². The number of benzene rings is 2. The second-order valence-electron chi connectivity index (χ2n) is 8.96. The van der Waals surface area contributed by atoms with Crippen molar-refractivity contribution in [2.75, 3.05) is 29.6 Å². The van der Waals surface area contributed by atoms with Crippen molar-refractivity contribution in [3.8, 4) is 0 Å². The molecule has 0 bridgehead atoms. The van der Waals surface area contributed by atoms with Crippen LogP contribution in [0.15, 0.2) is 54.9 Å². The molecule has 1 aliphatic carbocycles. The van der Waals surface area contributed by atoms with Gasteiger partial charge in [0.15, 0.2) is 0 Å². The Bertz CT molecular complexity index is 1330. The van der Waals surface area contributed by atoms with Crippen molar-refractivity contribution in [2.24, 2.45) is 0 Å². The lowest BCUT2D eigenvalue weighted by atomic mass is 10.1. The molecular weight excluding hydrogens is 426 g/mol. The molecular formula is C27H31N5O2. The summed E-state index contributed by atoms with van der Waals surface area (Å²) in [5.41, 5.74) is 9.43. The van der Waals surface area contributed by atoms with E-state index in [0.29, 0.717) is 6.42 Å². The van der Waals surface area contributed by atoms with Crippen LogP contribution in [0.1, 0.15) is 40.5 Å². The number of hydrogen-bond donors (Lipinski definition) is 5. The molecule has 1 atom stereocenters. The van der Waals surface area contributed by atoms with E-state index in [1.54, 1.807) is 10.9 Å². The number of nitrogens with one attached hydrogen (secondary N) is 2. The maximum absolute atomic E-state index is 10.1. The molecule has 7 heteroatoms. The summed E-state index contributed by atoms with van der Waals surface area (Å²) in [5.74, 6) is 6.23. The van der Waals surface area contributed by atoms with Crippen LogP contribution in [-0.2, 0) is 19.3 Å². The normalized spacial score (nSPS) is 15.0. The van der Waals surface area contributed by atoms with E-state index >= 15 is 0 Å². The maximum Gasteiger partial charge on any atom is 0.0966 e. The maximum atomic E-state index is 10.1. The molecule has 0 amide bonds. The summed E-state index contributed by atoms with van der Waals surface area (Å²) >= 11 is 0. The third-order valence-corrected chi connectivity index (χ3v) is 6.69. The average molecular weight is 458 g/mol. The van der Waals surface area contributed by atoms with Crippen molar-refractivity contribution in [3.63, 3.8) is 0 Å². The minimum atomic E-state index is -0.459. The summed E-state index contributed by atoms with van der Waals surface area (Å²) in [6.45, 7) is 2.99. The van der Waals surface area contributed by atoms with E-state index in [1.807, 2.05) is 24.4 Å². The number of nitrogens with zero attached hydrogens (tertiary/aromatic N) is 2. The molecule has 34 heavy (non-hydrogen) atoms. The highest BCUT2D eigenvalue weighted by Crippen LogP contribution is 2.35. The standard InChI is InChI=1S/C27H31N5O2/c1-17-15-20(31-24-10-13-30-26-22(24)6-8-25(26)34)5-7-23(17)29-12-9-19-16-32(28)27-18(11-14-33)3-2-4-21(19)27/h2-5,7,10,13,15-16,25,29,33-34H,6,8-9,11-12,14,28H2,1H3,(H,30,31). The van der Waals surface area contributed by atoms with Crippen LogP contribution in [0.3, 0.4) is 0 Å². The minimum Gasteiger partial charge on any atom is -0.396 e. The minimum absolute atomic E-state index is 0.108. The molecule has 0 spiro atoms. The highest BCUT2D eigenvalue weighted by atomic mass is 16.3. The number of hydrogen-bond acceptors (Lipinski definition) is 6. The smallest absolute Gasteiger partial charge is 0.0966 e. The van der Waals surface area contributed by atoms with E-state index < -0.39 is 6.10 Å². The van der Waals surface area contributed by atoms with E-state index in [4.69, 9.17) is 5.84 Å². The van der Waals surface area contributed by atoms with Gasteiger partial charge >= 0.3 is 0 Å². The highest BCUT2D eigenvalue weighted by Gasteiger charge is 2.24. The van der Waals surface area contributed by atoms with Gasteiger partial charge in [-0.2, -0.15) is 0 Å². The van der Waals surface area contributed by atoms with Gasteiger partial charge in [-0.1, -0.05) is 18.2 Å². The summed E-state index contributed by atoms with van der Waals surface area (Å²) in [6, 6.07) is 14.4. The molecule has 0 aliphatic heterocycles. The number of rotatable bonds is 8. The Morgan fingerprint density at radius 3 is 2.82 bits per heavy atom. The second kappa shape index (κ2) is 9.37. The van der Waals surface area contributed by atoms with Gasteiger partial charge in [0, 0.05) is 48.0 Å². The molecule has 176 valence electrons. The topological polar surface area (TPSA) is 108 Å². The van der Waals surface area contributed by atoms with Crippen molar-refractivity contribution in [3.05, 3.63) is 82.8 Å². The summed E-state index contributed by atoms with van der Waals surface area (Å²) in [5, 5.41) is 27.6. The Kier molecular flexibility index (Phi) is 6.13. The molecule has 6 N–H and O–H groups in total. The Balaban J connectivity index is 1.26. The number of anilines is 3. The van der Waals surface area contributed by atoms with Gasteiger partial charge in [0.25, 0.3) is 0 Å². The lowest BCUT2D eigenvalue weighted by Crippen LogP contribution is -2.08. The zero-order valence-electron chi connectivity index (χ0n) is 19.4. The van der Waals surface area contributed by atoms with Gasteiger partial charge in [0.1, 0.15) is 0 Å². The van der Waals surface area contributed by atoms with Crippen molar-refractivity contribution in [1.29, 1.82) is 0 Å². The number of nitrogen functional groups attached to an aromatic ring is 1. The molecule has 0 saturated heterocycles. The Labute approximate surface area is 199 Å². The van der Waals surface area contributed by atoms with Crippen LogP contribution in [0.2, 0.25) is 0 Å². The van der Waals surface area contributed by atoms with Crippen LogP contribution < -0.4 is 16.5 Å². The number of aromatic nitrogens is 2. The summed E-state index contributed by atoms with van der Waals surface area (Å²) in [7, 11) is 0. The van der Waals surface area contributed by atoms with Gasteiger partial charge < -0.3 is 26.7 Å². The van der Waals surface area contributed by atoms with Gasteiger partial charge in [-0.15, -0.1) is 0 Å². The summed E-state index contributed by atoms with van der Waals surface area (Å²) in [6.07, 6.45) is 6.29. The zero-order valence-corrected chi connectivity index (χ0v) is 19.4. The Morgan fingerprint density at radius 2 is 2.00 bits per heavy atom. The number of aliphatic hydroxyl groups is 2. The van der Waals surface area contributed by atoms with Gasteiger partial charge in [-0.3, -0.25) is 9.66 Å². The van der Waals surface area contributed by atoms with Crippen LogP contribution in [0.25, 0.3) is 10.9 Å². The first kappa shape index (κ1) is 22.3. The Hall–Kier alpha value is -3.55. The van der Waals surface area contributed by atoms with Gasteiger partial charge in [-0.05, 0) is 79.1 Å². The molecule has 0 radical (unpaired) electrons. The van der Waals surface area contributed by atoms with Crippen molar-refractivity contribution in [2.45, 2.75) is 38.7 Å². The fourth-order valence-corrected chi connectivity index (χ4v) is 5.00. The molecule has 1 unspecified atom stereocenters. The predicted octanol–water partition coefficient (Wildman–Crippen LogP) is 3.97. The zero-order chi connectivity index (χ0) is 23.7. The van der Waals surface area contributed by atoms with Crippen LogP contribution in [0, 0.1) is 6.92 Å². The quantitative estimate of drug-likeness (QED) is 0.256. The fraction of sp³-hybridized carbons (Fsp3) is 0.296. The average Bonchev–Trinajstić information content (AvgIpc) is 3.37. The van der Waals surface area contributed by atoms with E-state index in [-0.39, 0.29) is 6.61 Å². The van der Waals surface area contributed by atoms with Gasteiger partial charge in [0.2, 0.25) is 0 Å². The molecule has 2 aromatic heterocycles. The fourth-order valence-electron chi connectivity index (χ4n) is 5.00. The number of aliphatic hydroxyl groups excluding tert-OH is 2. The number of para-hydroxylation sites is 1. The van der Waals surface area contributed by atoms with Gasteiger partial charge in [0.05, 0.1) is 17.3 Å². The third kappa shape index (κ3) is 4.20. The van der Waals surface area contributed by atoms with E-state index in [2.05, 4.69) is 46.8 Å². The van der Waals surface area contributed by atoms with Crippen LogP contribution in [0.4, 0.5) is 17.1 Å². The third-order valence-electron chi connectivity index (χ3n) is 6.69. The monoisotopic (exact) mass is 457 g/mol. The van der Waals surface area contributed by atoms with Crippen LogP contribution >= 0.6 is 0 Å². The molecule has 2 aromatic carbocycles. The van der Waals surface area contributed by atoms with Gasteiger partial charge in [-0.25, -0.2) is 0 Å². The van der Waals surface area contributed by atoms with E-state index in [9.17, 15) is 10.2 Å². The summed E-state index contributed by atoms with van der Waals surface area (Å²) in [4.78, 5) is 4.35. The van der Waals surface area contributed by atoms with Crippen LogP contribution in [-0.4, -0.2) is 33.0 Å². The Morgan fingerprint density at radius 1 is 1.12 bits per heavy atom. The van der Waals surface area contributed by atoms with E-state index in [0.717, 1.165) is 76.2 Å². The first-order valence-electron chi connectivity index (χ1n) is 11.8.